The molecule has 1 aliphatic carbocycles. The fourth-order valence-corrected chi connectivity index (χ4v) is 3.96. The third kappa shape index (κ3) is 2.86. The molecule has 2 aliphatic rings. The van der Waals surface area contributed by atoms with Crippen LogP contribution in [0.5, 0.6) is 0 Å². The summed E-state index contributed by atoms with van der Waals surface area (Å²) in [6, 6.07) is 5.44. The van der Waals surface area contributed by atoms with Crippen molar-refractivity contribution in [3.8, 4) is 0 Å². The van der Waals surface area contributed by atoms with Crippen molar-refractivity contribution in [2.24, 2.45) is 11.3 Å². The van der Waals surface area contributed by atoms with E-state index < -0.39 is 0 Å². The van der Waals surface area contributed by atoms with E-state index in [1.807, 2.05) is 24.8 Å². The average Bonchev–Trinajstić information content (AvgIpc) is 2.97. The van der Waals surface area contributed by atoms with Crippen LogP contribution in [-0.2, 0) is 11.3 Å². The minimum atomic E-state index is -0.0460. The van der Waals surface area contributed by atoms with Gasteiger partial charge >= 0.3 is 0 Å². The lowest BCUT2D eigenvalue weighted by atomic mass is 10.0. The van der Waals surface area contributed by atoms with E-state index in [9.17, 15) is 9.59 Å². The smallest absolute Gasteiger partial charge is 0.257 e. The first-order valence-electron chi connectivity index (χ1n) is 8.65. The van der Waals surface area contributed by atoms with Gasteiger partial charge in [-0.2, -0.15) is 0 Å². The molecule has 2 aromatic rings. The Kier molecular flexibility index (Phi) is 3.71. The maximum atomic E-state index is 12.7. The first-order chi connectivity index (χ1) is 12.0. The van der Waals surface area contributed by atoms with Gasteiger partial charge in [0.1, 0.15) is 17.3 Å². The number of carbonyl (C=O) groups is 2. The van der Waals surface area contributed by atoms with Crippen LogP contribution in [-0.4, -0.2) is 29.8 Å². The van der Waals surface area contributed by atoms with Gasteiger partial charge in [-0.05, 0) is 44.9 Å². The maximum Gasteiger partial charge on any atom is 0.257 e. The van der Waals surface area contributed by atoms with Crippen molar-refractivity contribution < 1.29 is 18.4 Å². The number of aryl methyl sites for hydroxylation is 2. The van der Waals surface area contributed by atoms with Gasteiger partial charge in [0, 0.05) is 24.4 Å². The second-order valence-corrected chi connectivity index (χ2v) is 7.22. The number of amides is 2. The molecule has 1 saturated heterocycles. The van der Waals surface area contributed by atoms with Crippen LogP contribution in [0.1, 0.15) is 40.5 Å². The molecule has 0 aromatic carbocycles. The second-order valence-electron chi connectivity index (χ2n) is 7.22. The van der Waals surface area contributed by atoms with E-state index in [1.165, 1.54) is 0 Å². The Labute approximate surface area is 146 Å². The molecule has 0 unspecified atom stereocenters. The first kappa shape index (κ1) is 16.0. The summed E-state index contributed by atoms with van der Waals surface area (Å²) >= 11 is 0. The van der Waals surface area contributed by atoms with Gasteiger partial charge in [0.05, 0.1) is 18.4 Å². The van der Waals surface area contributed by atoms with Crippen LogP contribution in [0.3, 0.4) is 0 Å². The lowest BCUT2D eigenvalue weighted by Crippen LogP contribution is -2.31. The van der Waals surface area contributed by atoms with E-state index in [4.69, 9.17) is 8.83 Å². The number of nitrogens with one attached hydrogen (secondary N) is 1. The van der Waals surface area contributed by atoms with Crippen molar-refractivity contribution in [3.63, 3.8) is 0 Å². The topological polar surface area (TPSA) is 75.7 Å². The SMILES string of the molecule is Cc1cc(C(=O)N2CC[C@]3(C[C@H]3C(=O)NCc3ccco3)C2)c(C)o1. The molecule has 3 heterocycles. The summed E-state index contributed by atoms with van der Waals surface area (Å²) < 4.78 is 10.7. The molecule has 1 aliphatic heterocycles. The van der Waals surface area contributed by atoms with Crippen molar-refractivity contribution in [1.82, 2.24) is 10.2 Å². The van der Waals surface area contributed by atoms with Crippen molar-refractivity contribution >= 4 is 11.8 Å². The number of hydrogen-bond acceptors (Lipinski definition) is 4. The van der Waals surface area contributed by atoms with Crippen LogP contribution < -0.4 is 5.32 Å². The van der Waals surface area contributed by atoms with Crippen LogP contribution in [0.15, 0.2) is 33.3 Å². The molecule has 6 heteroatoms. The lowest BCUT2D eigenvalue weighted by Gasteiger charge is -2.16. The molecule has 1 spiro atoms. The fraction of sp³-hybridized carbons (Fsp3) is 0.474. The summed E-state index contributed by atoms with van der Waals surface area (Å²) in [7, 11) is 0. The predicted octanol–water partition coefficient (Wildman–Crippen LogP) is 2.66. The highest BCUT2D eigenvalue weighted by Crippen LogP contribution is 2.58. The fourth-order valence-electron chi connectivity index (χ4n) is 3.96. The van der Waals surface area contributed by atoms with Gasteiger partial charge < -0.3 is 19.1 Å². The summed E-state index contributed by atoms with van der Waals surface area (Å²) in [6.45, 7) is 5.41. The Hall–Kier alpha value is -2.50. The van der Waals surface area contributed by atoms with E-state index in [1.54, 1.807) is 18.4 Å². The Bertz CT molecular complexity index is 808. The molecule has 4 rings (SSSR count). The molecule has 6 nitrogen and oxygen atoms in total. The highest BCUT2D eigenvalue weighted by Gasteiger charge is 2.61. The normalized spacial score (nSPS) is 24.7. The number of rotatable bonds is 4. The Morgan fingerprint density at radius 3 is 2.92 bits per heavy atom. The average molecular weight is 342 g/mol. The minimum Gasteiger partial charge on any atom is -0.467 e. The second kappa shape index (κ2) is 5.79. The molecule has 0 bridgehead atoms. The van der Waals surface area contributed by atoms with Crippen molar-refractivity contribution in [3.05, 3.63) is 47.3 Å². The van der Waals surface area contributed by atoms with E-state index >= 15 is 0 Å². The van der Waals surface area contributed by atoms with Gasteiger partial charge in [-0.3, -0.25) is 9.59 Å². The molecule has 1 saturated carbocycles. The molecular weight excluding hydrogens is 320 g/mol. The van der Waals surface area contributed by atoms with Crippen molar-refractivity contribution in [1.29, 1.82) is 0 Å². The van der Waals surface area contributed by atoms with Gasteiger partial charge in [-0.15, -0.1) is 0 Å². The predicted molar refractivity (Wildman–Crippen MR) is 89.8 cm³/mol. The lowest BCUT2D eigenvalue weighted by molar-refractivity contribution is -0.123. The molecule has 2 aromatic heterocycles. The molecule has 2 amide bonds. The molecular formula is C19H22N2O4. The van der Waals surface area contributed by atoms with E-state index in [0.29, 0.717) is 31.0 Å². The summed E-state index contributed by atoms with van der Waals surface area (Å²) in [6.07, 6.45) is 3.33. The Balaban J connectivity index is 1.35. The van der Waals surface area contributed by atoms with Gasteiger partial charge in [-0.1, -0.05) is 0 Å². The Morgan fingerprint density at radius 1 is 1.40 bits per heavy atom. The summed E-state index contributed by atoms with van der Waals surface area (Å²) in [4.78, 5) is 27.0. The number of furan rings is 2. The monoisotopic (exact) mass is 342 g/mol. The third-order valence-electron chi connectivity index (χ3n) is 5.47. The van der Waals surface area contributed by atoms with Crippen LogP contribution in [0, 0.1) is 25.2 Å². The molecule has 25 heavy (non-hydrogen) atoms. The van der Waals surface area contributed by atoms with E-state index in [2.05, 4.69) is 5.32 Å². The number of nitrogens with zero attached hydrogens (tertiary/aromatic N) is 1. The molecule has 2 atom stereocenters. The van der Waals surface area contributed by atoms with Gasteiger partial charge in [0.2, 0.25) is 5.91 Å². The summed E-state index contributed by atoms with van der Waals surface area (Å²) in [5.41, 5.74) is 0.587. The van der Waals surface area contributed by atoms with Gasteiger partial charge in [0.15, 0.2) is 0 Å². The van der Waals surface area contributed by atoms with Crippen LogP contribution >= 0.6 is 0 Å². The van der Waals surface area contributed by atoms with Crippen molar-refractivity contribution in [2.75, 3.05) is 13.1 Å². The molecule has 0 radical (unpaired) electrons. The zero-order valence-corrected chi connectivity index (χ0v) is 14.5. The Morgan fingerprint density at radius 2 is 2.24 bits per heavy atom. The van der Waals surface area contributed by atoms with E-state index in [0.717, 1.165) is 24.4 Å². The van der Waals surface area contributed by atoms with Crippen LogP contribution in [0.4, 0.5) is 0 Å². The van der Waals surface area contributed by atoms with Gasteiger partial charge in [0.25, 0.3) is 5.91 Å². The standard InChI is InChI=1S/C19H22N2O4/c1-12-8-15(13(2)25-12)18(23)21-6-5-19(11-21)9-16(19)17(22)20-10-14-4-3-7-24-14/h3-4,7-8,16H,5-6,9-11H2,1-2H3,(H,20,22)/t16-,19-/m0/s1. The number of carbonyl (C=O) groups excluding carboxylic acids is 2. The van der Waals surface area contributed by atoms with Gasteiger partial charge in [-0.25, -0.2) is 0 Å². The zero-order chi connectivity index (χ0) is 17.6. The highest BCUT2D eigenvalue weighted by molar-refractivity contribution is 5.95. The first-order valence-corrected chi connectivity index (χ1v) is 8.65. The summed E-state index contributed by atoms with van der Waals surface area (Å²) in [5.74, 6) is 2.21. The van der Waals surface area contributed by atoms with E-state index in [-0.39, 0.29) is 23.1 Å². The zero-order valence-electron chi connectivity index (χ0n) is 14.5. The van der Waals surface area contributed by atoms with Crippen LogP contribution in [0.2, 0.25) is 0 Å². The highest BCUT2D eigenvalue weighted by atomic mass is 16.3. The molecule has 2 fully saturated rings. The van der Waals surface area contributed by atoms with Crippen molar-refractivity contribution in [2.45, 2.75) is 33.2 Å². The number of likely N-dealkylation sites (tertiary alicyclic amines) is 1. The van der Waals surface area contributed by atoms with Crippen LogP contribution in [0.25, 0.3) is 0 Å². The third-order valence-corrected chi connectivity index (χ3v) is 5.47. The molecule has 1 N–H and O–H groups in total. The quantitative estimate of drug-likeness (QED) is 0.927. The largest absolute Gasteiger partial charge is 0.467 e. The molecule has 132 valence electrons. The number of hydrogen-bond donors (Lipinski definition) is 1. The minimum absolute atomic E-state index is 0.00700. The maximum absolute atomic E-state index is 12.7. The summed E-state index contributed by atoms with van der Waals surface area (Å²) in [5, 5.41) is 2.94.